The van der Waals surface area contributed by atoms with E-state index in [0.29, 0.717) is 17.2 Å². The Bertz CT molecular complexity index is 964. The van der Waals surface area contributed by atoms with Crippen molar-refractivity contribution in [3.8, 4) is 11.3 Å². The van der Waals surface area contributed by atoms with Crippen LogP contribution in [0, 0.1) is 11.7 Å². The number of carbonyl (C=O) groups excluding carboxylic acids is 1. The monoisotopic (exact) mass is 403 g/mol. The molecule has 1 aliphatic carbocycles. The molecule has 0 bridgehead atoms. The third-order valence-electron chi connectivity index (χ3n) is 4.76. The number of hydrogen-bond donors (Lipinski definition) is 1. The van der Waals surface area contributed by atoms with Crippen LogP contribution in [0.1, 0.15) is 46.4 Å². The smallest absolute Gasteiger partial charge is 0.290 e. The molecule has 4 rings (SSSR count). The second-order valence-electron chi connectivity index (χ2n) is 7.05. The first-order valence-electron chi connectivity index (χ1n) is 9.05. The van der Waals surface area contributed by atoms with Crippen LogP contribution < -0.4 is 5.32 Å². The summed E-state index contributed by atoms with van der Waals surface area (Å²) in [5, 5.41) is 24.4. The first-order chi connectivity index (χ1) is 13.5. The zero-order valence-electron chi connectivity index (χ0n) is 15.2. The Balaban J connectivity index is 1.28. The second kappa shape index (κ2) is 7.76. The summed E-state index contributed by atoms with van der Waals surface area (Å²) in [6.07, 6.45) is 2.22. The maximum absolute atomic E-state index is 13.0. The van der Waals surface area contributed by atoms with Gasteiger partial charge in [-0.1, -0.05) is 16.5 Å². The normalized spacial score (nSPS) is 19.8. The number of rotatable bonds is 6. The maximum atomic E-state index is 13.0. The van der Waals surface area contributed by atoms with Crippen molar-refractivity contribution in [2.24, 2.45) is 5.92 Å². The molecular formula is C19H20FN4O3S+. The summed E-state index contributed by atoms with van der Waals surface area (Å²) in [6.45, 7) is 1.78. The average molecular weight is 403 g/mol. The van der Waals surface area contributed by atoms with Crippen molar-refractivity contribution in [1.82, 2.24) is 20.7 Å². The SMILES string of the molecule is C[C@@H]([OH2+])c1nnc(CC2CC(NC(=O)c3cc(-c4ccc(F)cc4)no3)C2)s1. The summed E-state index contributed by atoms with van der Waals surface area (Å²) in [5.41, 5.74) is 1.18. The molecule has 1 fully saturated rings. The lowest BCUT2D eigenvalue weighted by Crippen LogP contribution is -2.44. The van der Waals surface area contributed by atoms with Gasteiger partial charge in [-0.15, -0.1) is 10.2 Å². The summed E-state index contributed by atoms with van der Waals surface area (Å²) in [4.78, 5) is 12.3. The lowest BCUT2D eigenvalue weighted by molar-refractivity contribution is 0.0852. The van der Waals surface area contributed by atoms with E-state index in [0.717, 1.165) is 29.3 Å². The summed E-state index contributed by atoms with van der Waals surface area (Å²) in [6, 6.07) is 7.51. The number of aromatic nitrogens is 3. The molecule has 0 spiro atoms. The van der Waals surface area contributed by atoms with Crippen LogP contribution in [0.4, 0.5) is 4.39 Å². The number of nitrogens with one attached hydrogen (secondary N) is 1. The third-order valence-corrected chi connectivity index (χ3v) is 5.89. The van der Waals surface area contributed by atoms with E-state index in [9.17, 15) is 9.18 Å². The van der Waals surface area contributed by atoms with Crippen molar-refractivity contribution in [3.05, 3.63) is 51.9 Å². The first-order valence-corrected chi connectivity index (χ1v) is 9.86. The molecule has 7 nitrogen and oxygen atoms in total. The number of halogens is 1. The lowest BCUT2D eigenvalue weighted by Gasteiger charge is -2.35. The Morgan fingerprint density at radius 3 is 2.79 bits per heavy atom. The highest BCUT2D eigenvalue weighted by molar-refractivity contribution is 7.11. The minimum Gasteiger partial charge on any atom is -0.438 e. The van der Waals surface area contributed by atoms with Crippen LogP contribution in [0.25, 0.3) is 11.3 Å². The quantitative estimate of drug-likeness (QED) is 0.638. The summed E-state index contributed by atoms with van der Waals surface area (Å²) in [7, 11) is 0. The van der Waals surface area contributed by atoms with Crippen LogP contribution in [0.5, 0.6) is 0 Å². The van der Waals surface area contributed by atoms with Crippen molar-refractivity contribution < 1.29 is 18.8 Å². The fraction of sp³-hybridized carbons (Fsp3) is 0.368. The molecule has 2 heterocycles. The second-order valence-corrected chi connectivity index (χ2v) is 8.14. The molecule has 146 valence electrons. The lowest BCUT2D eigenvalue weighted by atomic mass is 9.78. The van der Waals surface area contributed by atoms with E-state index in [2.05, 4.69) is 20.7 Å². The van der Waals surface area contributed by atoms with Gasteiger partial charge in [0.1, 0.15) is 16.5 Å². The average Bonchev–Trinajstić information content (AvgIpc) is 3.30. The highest BCUT2D eigenvalue weighted by atomic mass is 32.1. The standard InChI is InChI=1S/C19H19FN4O3S/c1-10(25)19-23-22-17(28-19)8-11-6-14(7-11)21-18(26)16-9-15(24-27-16)12-2-4-13(20)5-3-12/h2-5,9-11,14,25H,6-8H2,1H3,(H,21,26)/p+1/t10-,11?,14?/m1/s1. The van der Waals surface area contributed by atoms with Gasteiger partial charge in [0.05, 0.1) is 0 Å². The molecule has 0 aliphatic heterocycles. The van der Waals surface area contributed by atoms with E-state index in [1.807, 2.05) is 0 Å². The molecule has 1 saturated carbocycles. The van der Waals surface area contributed by atoms with Gasteiger partial charge < -0.3 is 14.9 Å². The third kappa shape index (κ3) is 4.10. The van der Waals surface area contributed by atoms with Gasteiger partial charge in [0, 0.05) is 31.0 Å². The molecule has 9 heteroatoms. The number of hydrogen-bond acceptors (Lipinski definition) is 6. The van der Waals surface area contributed by atoms with Crippen molar-refractivity contribution in [2.75, 3.05) is 0 Å². The maximum Gasteiger partial charge on any atom is 0.290 e. The molecule has 1 aliphatic rings. The molecule has 2 aromatic heterocycles. The fourth-order valence-corrected chi connectivity index (χ4v) is 4.09. The van der Waals surface area contributed by atoms with Crippen molar-refractivity contribution in [1.29, 1.82) is 0 Å². The predicted molar refractivity (Wildman–Crippen MR) is 102 cm³/mol. The van der Waals surface area contributed by atoms with Crippen LogP contribution in [-0.4, -0.2) is 32.4 Å². The summed E-state index contributed by atoms with van der Waals surface area (Å²) < 4.78 is 18.1. The Morgan fingerprint density at radius 1 is 1.36 bits per heavy atom. The molecule has 3 N–H and O–H groups in total. The highest BCUT2D eigenvalue weighted by Gasteiger charge is 2.32. The van der Waals surface area contributed by atoms with E-state index in [1.54, 1.807) is 25.1 Å². The minimum atomic E-state index is -0.346. The van der Waals surface area contributed by atoms with Crippen molar-refractivity contribution >= 4 is 17.2 Å². The summed E-state index contributed by atoms with van der Waals surface area (Å²) >= 11 is 1.49. The molecule has 1 atom stereocenters. The molecule has 1 aromatic carbocycles. The van der Waals surface area contributed by atoms with Gasteiger partial charge in [0.15, 0.2) is 5.01 Å². The molecule has 28 heavy (non-hydrogen) atoms. The van der Waals surface area contributed by atoms with Crippen LogP contribution in [0.15, 0.2) is 34.9 Å². The van der Waals surface area contributed by atoms with Gasteiger partial charge in [0.25, 0.3) is 5.91 Å². The van der Waals surface area contributed by atoms with Gasteiger partial charge in [-0.2, -0.15) is 0 Å². The van der Waals surface area contributed by atoms with Crippen molar-refractivity contribution in [3.63, 3.8) is 0 Å². The summed E-state index contributed by atoms with van der Waals surface area (Å²) in [5.74, 6) is -0.0353. The minimum absolute atomic E-state index is 0.0966. The number of carbonyl (C=O) groups is 1. The fourth-order valence-electron chi connectivity index (χ4n) is 3.19. The zero-order valence-corrected chi connectivity index (χ0v) is 16.0. The largest absolute Gasteiger partial charge is 0.438 e. The van der Waals surface area contributed by atoms with E-state index in [4.69, 9.17) is 9.63 Å². The molecular weight excluding hydrogens is 383 g/mol. The molecule has 1 amide bonds. The van der Waals surface area contributed by atoms with Gasteiger partial charge in [-0.3, -0.25) is 4.79 Å². The highest BCUT2D eigenvalue weighted by Crippen LogP contribution is 2.32. The molecule has 0 radical (unpaired) electrons. The van der Waals surface area contributed by atoms with Gasteiger partial charge in [0.2, 0.25) is 11.9 Å². The number of amides is 1. The molecule has 0 saturated heterocycles. The van der Waals surface area contributed by atoms with Gasteiger partial charge in [-0.05, 0) is 43.0 Å². The van der Waals surface area contributed by atoms with Crippen LogP contribution in [-0.2, 0) is 6.42 Å². The zero-order chi connectivity index (χ0) is 19.7. The van der Waals surface area contributed by atoms with E-state index >= 15 is 0 Å². The van der Waals surface area contributed by atoms with E-state index < -0.39 is 0 Å². The molecule has 0 unspecified atom stereocenters. The first kappa shape index (κ1) is 18.7. The Kier molecular flexibility index (Phi) is 5.19. The topological polar surface area (TPSA) is 104 Å². The van der Waals surface area contributed by atoms with E-state index in [-0.39, 0.29) is 29.6 Å². The van der Waals surface area contributed by atoms with Gasteiger partial charge in [-0.25, -0.2) is 4.39 Å². The Labute approximate surface area is 164 Å². The number of benzene rings is 1. The van der Waals surface area contributed by atoms with Gasteiger partial charge >= 0.3 is 0 Å². The van der Waals surface area contributed by atoms with Crippen molar-refractivity contribution in [2.45, 2.75) is 38.3 Å². The molecule has 3 aromatic rings. The Hall–Kier alpha value is -2.65. The van der Waals surface area contributed by atoms with E-state index in [1.165, 1.54) is 23.5 Å². The number of nitrogens with zero attached hydrogens (tertiary/aromatic N) is 3. The van der Waals surface area contributed by atoms with Crippen LogP contribution in [0.2, 0.25) is 0 Å². The Morgan fingerprint density at radius 2 is 2.11 bits per heavy atom. The predicted octanol–water partition coefficient (Wildman–Crippen LogP) is 2.87. The van der Waals surface area contributed by atoms with Crippen LogP contribution >= 0.6 is 11.3 Å². The van der Waals surface area contributed by atoms with Crippen LogP contribution in [0.3, 0.4) is 0 Å².